The summed E-state index contributed by atoms with van der Waals surface area (Å²) in [5, 5.41) is 4.26. The largest absolute Gasteiger partial charge is 0.444 e. The van der Waals surface area contributed by atoms with Crippen molar-refractivity contribution in [2.24, 2.45) is 5.92 Å². The van der Waals surface area contributed by atoms with Gasteiger partial charge in [0.2, 0.25) is 0 Å². The monoisotopic (exact) mass is 369 g/mol. The fourth-order valence-corrected chi connectivity index (χ4v) is 3.29. The Bertz CT molecular complexity index is 832. The Morgan fingerprint density at radius 3 is 2.44 bits per heavy atom. The van der Waals surface area contributed by atoms with E-state index in [0.29, 0.717) is 31.1 Å². The minimum absolute atomic E-state index is 0.0710. The van der Waals surface area contributed by atoms with Crippen LogP contribution in [-0.2, 0) is 11.3 Å². The predicted octanol–water partition coefficient (Wildman–Crippen LogP) is 3.56. The summed E-state index contributed by atoms with van der Waals surface area (Å²) < 4.78 is 6.99. The maximum absolute atomic E-state index is 12.8. The third kappa shape index (κ3) is 4.96. The Morgan fingerprint density at radius 1 is 1.15 bits per heavy atom. The molecule has 6 heteroatoms. The molecule has 1 aliphatic rings. The molecule has 1 aliphatic heterocycles. The molecule has 1 aromatic heterocycles. The van der Waals surface area contributed by atoms with E-state index in [1.807, 2.05) is 51.1 Å². The van der Waals surface area contributed by atoms with Crippen LogP contribution in [0.3, 0.4) is 0 Å². The number of ether oxygens (including phenoxy) is 1. The highest BCUT2D eigenvalue weighted by Gasteiger charge is 2.27. The Balaban J connectivity index is 1.63. The summed E-state index contributed by atoms with van der Waals surface area (Å²) in [4.78, 5) is 26.7. The van der Waals surface area contributed by atoms with Crippen LogP contribution in [0.4, 0.5) is 4.79 Å². The zero-order valence-electron chi connectivity index (χ0n) is 16.2. The first-order valence-electron chi connectivity index (χ1n) is 9.43. The first-order valence-corrected chi connectivity index (χ1v) is 9.43. The van der Waals surface area contributed by atoms with E-state index in [2.05, 4.69) is 5.10 Å². The number of piperidine rings is 1. The average Bonchev–Trinajstić information content (AvgIpc) is 2.63. The third-order valence-electron chi connectivity index (χ3n) is 4.69. The van der Waals surface area contributed by atoms with Crippen LogP contribution in [0.2, 0.25) is 0 Å². The van der Waals surface area contributed by atoms with Crippen LogP contribution >= 0.6 is 0 Å². The average molecular weight is 369 g/mol. The molecule has 0 radical (unpaired) electrons. The molecule has 0 bridgehead atoms. The van der Waals surface area contributed by atoms with E-state index in [1.165, 1.54) is 0 Å². The van der Waals surface area contributed by atoms with Crippen LogP contribution in [0.1, 0.15) is 33.6 Å². The fourth-order valence-electron chi connectivity index (χ4n) is 3.29. The van der Waals surface area contributed by atoms with E-state index in [-0.39, 0.29) is 11.7 Å². The first-order chi connectivity index (χ1) is 12.8. The summed E-state index contributed by atoms with van der Waals surface area (Å²) in [7, 11) is 0. The van der Waals surface area contributed by atoms with Gasteiger partial charge in [0.1, 0.15) is 5.60 Å². The molecule has 2 aromatic rings. The summed E-state index contributed by atoms with van der Waals surface area (Å²) in [6, 6.07) is 11.4. The Labute approximate surface area is 159 Å². The van der Waals surface area contributed by atoms with Gasteiger partial charge in [-0.15, -0.1) is 0 Å². The van der Waals surface area contributed by atoms with E-state index in [4.69, 9.17) is 4.74 Å². The Kier molecular flexibility index (Phi) is 5.63. The summed E-state index contributed by atoms with van der Waals surface area (Å²) >= 11 is 0. The van der Waals surface area contributed by atoms with Crippen molar-refractivity contribution in [2.75, 3.05) is 13.1 Å². The van der Waals surface area contributed by atoms with Crippen molar-refractivity contribution in [1.82, 2.24) is 14.7 Å². The molecule has 1 amide bonds. The normalized spacial score (nSPS) is 15.6. The van der Waals surface area contributed by atoms with E-state index < -0.39 is 5.60 Å². The van der Waals surface area contributed by atoms with E-state index in [0.717, 1.165) is 18.4 Å². The highest BCUT2D eigenvalue weighted by molar-refractivity contribution is 5.68. The predicted molar refractivity (Wildman–Crippen MR) is 104 cm³/mol. The zero-order chi connectivity index (χ0) is 19.4. The van der Waals surface area contributed by atoms with Gasteiger partial charge in [-0.25, -0.2) is 9.48 Å². The van der Waals surface area contributed by atoms with Crippen LogP contribution in [0.25, 0.3) is 11.1 Å². The first kappa shape index (κ1) is 19.1. The van der Waals surface area contributed by atoms with Gasteiger partial charge in [-0.3, -0.25) is 4.79 Å². The van der Waals surface area contributed by atoms with Crippen molar-refractivity contribution in [3.8, 4) is 11.1 Å². The van der Waals surface area contributed by atoms with Crippen molar-refractivity contribution in [3.63, 3.8) is 0 Å². The lowest BCUT2D eigenvalue weighted by Crippen LogP contribution is -2.42. The van der Waals surface area contributed by atoms with Gasteiger partial charge in [0.05, 0.1) is 5.56 Å². The van der Waals surface area contributed by atoms with Gasteiger partial charge in [-0.1, -0.05) is 30.3 Å². The van der Waals surface area contributed by atoms with Crippen LogP contribution in [0, 0.1) is 5.92 Å². The van der Waals surface area contributed by atoms with Crippen molar-refractivity contribution in [2.45, 2.75) is 45.8 Å². The fraction of sp³-hybridized carbons (Fsp3) is 0.476. The molecule has 144 valence electrons. The van der Waals surface area contributed by atoms with Crippen LogP contribution in [0.15, 0.2) is 47.4 Å². The molecule has 0 aliphatic carbocycles. The second kappa shape index (κ2) is 7.94. The number of rotatable bonds is 3. The number of amides is 1. The second-order valence-electron chi connectivity index (χ2n) is 8.01. The van der Waals surface area contributed by atoms with E-state index in [1.54, 1.807) is 21.8 Å². The maximum Gasteiger partial charge on any atom is 0.410 e. The summed E-state index contributed by atoms with van der Waals surface area (Å²) in [5.41, 5.74) is 1.01. The van der Waals surface area contributed by atoms with Gasteiger partial charge >= 0.3 is 6.09 Å². The molecule has 27 heavy (non-hydrogen) atoms. The SMILES string of the molecule is CC(C)(C)OC(=O)N1CCC(Cn2nccc(-c3ccccc3)c2=O)CC1. The Hall–Kier alpha value is -2.63. The highest BCUT2D eigenvalue weighted by atomic mass is 16.6. The number of likely N-dealkylation sites (tertiary alicyclic amines) is 1. The van der Waals surface area contributed by atoms with Gasteiger partial charge in [0.25, 0.3) is 5.56 Å². The molecule has 0 atom stereocenters. The molecule has 1 aromatic carbocycles. The van der Waals surface area contributed by atoms with Crippen LogP contribution < -0.4 is 5.56 Å². The van der Waals surface area contributed by atoms with E-state index >= 15 is 0 Å². The van der Waals surface area contributed by atoms with Gasteiger partial charge in [-0.05, 0) is 51.2 Å². The van der Waals surface area contributed by atoms with Crippen molar-refractivity contribution in [1.29, 1.82) is 0 Å². The number of nitrogens with zero attached hydrogens (tertiary/aromatic N) is 3. The minimum Gasteiger partial charge on any atom is -0.444 e. The molecule has 6 nitrogen and oxygen atoms in total. The summed E-state index contributed by atoms with van der Waals surface area (Å²) in [6.07, 6.45) is 3.09. The molecule has 0 spiro atoms. The van der Waals surface area contributed by atoms with Gasteiger partial charge < -0.3 is 9.64 Å². The molecule has 0 unspecified atom stereocenters. The molecule has 0 saturated carbocycles. The molecule has 0 N–H and O–H groups in total. The number of carbonyl (C=O) groups excluding carboxylic acids is 1. The molecule has 1 fully saturated rings. The number of carbonyl (C=O) groups is 1. The zero-order valence-corrected chi connectivity index (χ0v) is 16.2. The molecule has 3 rings (SSSR count). The van der Waals surface area contributed by atoms with Crippen molar-refractivity contribution >= 4 is 6.09 Å². The second-order valence-corrected chi connectivity index (χ2v) is 8.01. The van der Waals surface area contributed by atoms with E-state index in [9.17, 15) is 9.59 Å². The van der Waals surface area contributed by atoms with Gasteiger partial charge in [0, 0.05) is 25.8 Å². The van der Waals surface area contributed by atoms with Gasteiger partial charge in [-0.2, -0.15) is 5.10 Å². The molecular weight excluding hydrogens is 342 g/mol. The highest BCUT2D eigenvalue weighted by Crippen LogP contribution is 2.21. The minimum atomic E-state index is -0.483. The number of hydrogen-bond donors (Lipinski definition) is 0. The number of aromatic nitrogens is 2. The number of hydrogen-bond acceptors (Lipinski definition) is 4. The smallest absolute Gasteiger partial charge is 0.410 e. The lowest BCUT2D eigenvalue weighted by atomic mass is 9.97. The lowest BCUT2D eigenvalue weighted by molar-refractivity contribution is 0.0176. The van der Waals surface area contributed by atoms with Crippen LogP contribution in [0.5, 0.6) is 0 Å². The molecule has 2 heterocycles. The Morgan fingerprint density at radius 2 is 1.81 bits per heavy atom. The third-order valence-corrected chi connectivity index (χ3v) is 4.69. The molecule has 1 saturated heterocycles. The van der Waals surface area contributed by atoms with Gasteiger partial charge in [0.15, 0.2) is 0 Å². The van der Waals surface area contributed by atoms with Crippen molar-refractivity contribution < 1.29 is 9.53 Å². The lowest BCUT2D eigenvalue weighted by Gasteiger charge is -2.33. The summed E-state index contributed by atoms with van der Waals surface area (Å²) in [6.45, 7) is 7.47. The maximum atomic E-state index is 12.8. The number of benzene rings is 1. The topological polar surface area (TPSA) is 64.4 Å². The van der Waals surface area contributed by atoms with Crippen LogP contribution in [-0.4, -0.2) is 39.5 Å². The summed E-state index contributed by atoms with van der Waals surface area (Å²) in [5.74, 6) is 0.319. The standard InChI is InChI=1S/C21H27N3O3/c1-21(2,3)27-20(26)23-13-10-16(11-14-23)15-24-19(25)18(9-12-22-24)17-7-5-4-6-8-17/h4-9,12,16H,10-11,13-15H2,1-3H3. The molecular formula is C21H27N3O3. The quantitative estimate of drug-likeness (QED) is 0.830. The van der Waals surface area contributed by atoms with Crippen molar-refractivity contribution in [3.05, 3.63) is 52.9 Å².